The van der Waals surface area contributed by atoms with Crippen molar-refractivity contribution in [2.75, 3.05) is 0 Å². The van der Waals surface area contributed by atoms with Crippen molar-refractivity contribution in [1.29, 1.82) is 0 Å². The lowest BCUT2D eigenvalue weighted by Gasteiger charge is -2.00. The van der Waals surface area contributed by atoms with Crippen LogP contribution >= 0.6 is 0 Å². The fraction of sp³-hybridized carbons (Fsp3) is 0.143. The van der Waals surface area contributed by atoms with Crippen molar-refractivity contribution in [2.24, 2.45) is 22.4 Å². The fourth-order valence-corrected chi connectivity index (χ4v) is 0.733. The third-order valence-electron chi connectivity index (χ3n) is 1.41. The van der Waals surface area contributed by atoms with Gasteiger partial charge in [0, 0.05) is 0 Å². The van der Waals surface area contributed by atoms with Crippen LogP contribution in [0.2, 0.25) is 0 Å². The first-order valence-corrected chi connectivity index (χ1v) is 3.22. The lowest BCUT2D eigenvalue weighted by molar-refractivity contribution is 1.03. The van der Waals surface area contributed by atoms with Crippen LogP contribution in [0.3, 0.4) is 0 Å². The van der Waals surface area contributed by atoms with E-state index in [9.17, 15) is 4.91 Å². The summed E-state index contributed by atoms with van der Waals surface area (Å²) in [6.45, 7) is 0. The quantitative estimate of drug-likeness (QED) is 0.345. The van der Waals surface area contributed by atoms with Crippen LogP contribution < -0.4 is 17.2 Å². The molecule has 1 atom stereocenters. The number of nitroso groups, excluding NO2 is 1. The molecule has 6 N–H and O–H groups in total. The molecule has 0 fully saturated rings. The molecule has 1 unspecified atom stereocenters. The molecule has 1 aliphatic rings. The summed E-state index contributed by atoms with van der Waals surface area (Å²) in [5.74, 6) is 4.98. The first kappa shape index (κ1) is 8.14. The van der Waals surface area contributed by atoms with Crippen LogP contribution in [0.1, 0.15) is 0 Å². The van der Waals surface area contributed by atoms with Crippen molar-refractivity contribution in [1.82, 2.24) is 0 Å². The maximum atomic E-state index is 10.1. The first-order chi connectivity index (χ1) is 5.65. The van der Waals surface area contributed by atoms with E-state index in [0.29, 0.717) is 0 Å². The molecule has 62 valence electrons. The van der Waals surface area contributed by atoms with Crippen LogP contribution in [0.15, 0.2) is 28.3 Å². The van der Waals surface area contributed by atoms with Crippen molar-refractivity contribution < 1.29 is 0 Å². The van der Waals surface area contributed by atoms with E-state index in [0.717, 1.165) is 0 Å². The molecule has 12 heavy (non-hydrogen) atoms. The van der Waals surface area contributed by atoms with E-state index in [1.165, 1.54) is 6.08 Å². The molecule has 0 aromatic carbocycles. The Hall–Kier alpha value is -1.96. The Morgan fingerprint density at radius 1 is 1.42 bits per heavy atom. The smallest absolute Gasteiger partial charge is 0.173 e. The molecule has 0 bridgehead atoms. The van der Waals surface area contributed by atoms with Gasteiger partial charge in [0.1, 0.15) is 5.70 Å². The summed E-state index contributed by atoms with van der Waals surface area (Å²) in [7, 11) is 0. The summed E-state index contributed by atoms with van der Waals surface area (Å²) >= 11 is 0. The molecule has 5 nitrogen and oxygen atoms in total. The van der Waals surface area contributed by atoms with Gasteiger partial charge >= 0.3 is 0 Å². The number of allylic oxidation sites excluding steroid dienone is 1. The second-order valence-corrected chi connectivity index (χ2v) is 2.27. The van der Waals surface area contributed by atoms with Crippen molar-refractivity contribution in [2.45, 2.75) is 6.04 Å². The van der Waals surface area contributed by atoms with Crippen LogP contribution in [0.5, 0.6) is 0 Å². The normalized spacial score (nSPS) is 22.0. The SMILES string of the molecule is NC1=CC(N=O)C#CC(N)=C1N. The molecule has 0 aromatic rings. The highest BCUT2D eigenvalue weighted by Gasteiger charge is 2.08. The molecule has 0 radical (unpaired) electrons. The van der Waals surface area contributed by atoms with E-state index < -0.39 is 6.04 Å². The Bertz CT molecular complexity index is 331. The zero-order valence-corrected chi connectivity index (χ0v) is 6.24. The third kappa shape index (κ3) is 1.37. The highest BCUT2D eigenvalue weighted by molar-refractivity contribution is 5.44. The molecule has 0 aliphatic heterocycles. The van der Waals surface area contributed by atoms with E-state index >= 15 is 0 Å². The summed E-state index contributed by atoms with van der Waals surface area (Å²) in [6.07, 6.45) is 1.37. The van der Waals surface area contributed by atoms with Crippen molar-refractivity contribution in [3.8, 4) is 11.8 Å². The predicted octanol–water partition coefficient (Wildman–Crippen LogP) is -0.890. The second-order valence-electron chi connectivity index (χ2n) is 2.27. The molecular formula is C7H8N4O. The van der Waals surface area contributed by atoms with Gasteiger partial charge in [-0.15, -0.1) is 4.91 Å². The van der Waals surface area contributed by atoms with Gasteiger partial charge in [-0.25, -0.2) is 0 Å². The van der Waals surface area contributed by atoms with Gasteiger partial charge in [-0.1, -0.05) is 5.92 Å². The zero-order chi connectivity index (χ0) is 9.14. The summed E-state index contributed by atoms with van der Waals surface area (Å²) in [5.41, 5.74) is 16.9. The first-order valence-electron chi connectivity index (χ1n) is 3.22. The van der Waals surface area contributed by atoms with E-state index in [1.54, 1.807) is 0 Å². The number of hydrogen-bond donors (Lipinski definition) is 3. The largest absolute Gasteiger partial charge is 0.397 e. The lowest BCUT2D eigenvalue weighted by Crippen LogP contribution is -2.15. The zero-order valence-electron chi connectivity index (χ0n) is 6.24. The standard InChI is InChI=1S/C7H8N4O/c8-5-2-1-4(11-12)3-6(9)7(5)10/h3-4H,8-10H2. The van der Waals surface area contributed by atoms with E-state index in [2.05, 4.69) is 17.0 Å². The van der Waals surface area contributed by atoms with Gasteiger partial charge in [0.05, 0.1) is 11.4 Å². The predicted molar refractivity (Wildman–Crippen MR) is 45.0 cm³/mol. The third-order valence-corrected chi connectivity index (χ3v) is 1.41. The second kappa shape index (κ2) is 2.96. The van der Waals surface area contributed by atoms with Crippen LogP contribution in [0.4, 0.5) is 0 Å². The molecule has 5 heteroatoms. The van der Waals surface area contributed by atoms with E-state index in [4.69, 9.17) is 17.2 Å². The molecule has 0 aromatic heterocycles. The Balaban J connectivity index is 3.12. The summed E-state index contributed by atoms with van der Waals surface area (Å²) in [5, 5.41) is 2.71. The van der Waals surface area contributed by atoms with Crippen LogP contribution in [0.25, 0.3) is 0 Å². The van der Waals surface area contributed by atoms with Gasteiger partial charge in [0.25, 0.3) is 0 Å². The lowest BCUT2D eigenvalue weighted by atomic mass is 10.2. The number of nitrogens with zero attached hydrogens (tertiary/aromatic N) is 1. The topological polar surface area (TPSA) is 107 Å². The fourth-order valence-electron chi connectivity index (χ4n) is 0.733. The van der Waals surface area contributed by atoms with Crippen molar-refractivity contribution in [3.05, 3.63) is 28.1 Å². The van der Waals surface area contributed by atoms with E-state index in [1.807, 2.05) is 0 Å². The minimum absolute atomic E-state index is 0.176. The average Bonchev–Trinajstić information content (AvgIpc) is 2.19. The average molecular weight is 164 g/mol. The molecule has 1 aliphatic carbocycles. The number of hydrogen-bond acceptors (Lipinski definition) is 5. The maximum absolute atomic E-state index is 10.1. The maximum Gasteiger partial charge on any atom is 0.173 e. The van der Waals surface area contributed by atoms with Crippen molar-refractivity contribution in [3.63, 3.8) is 0 Å². The monoisotopic (exact) mass is 164 g/mol. The molecule has 0 amide bonds. The molecular weight excluding hydrogens is 156 g/mol. The Morgan fingerprint density at radius 2 is 2.08 bits per heavy atom. The Kier molecular flexibility index (Phi) is 2.01. The highest BCUT2D eigenvalue weighted by atomic mass is 16.3. The molecule has 0 heterocycles. The van der Waals surface area contributed by atoms with Gasteiger partial charge in [0.15, 0.2) is 6.04 Å². The summed E-state index contributed by atoms with van der Waals surface area (Å²) in [4.78, 5) is 10.1. The van der Waals surface area contributed by atoms with Crippen LogP contribution in [0, 0.1) is 16.7 Å². The van der Waals surface area contributed by atoms with Gasteiger partial charge < -0.3 is 17.2 Å². The minimum Gasteiger partial charge on any atom is -0.397 e. The van der Waals surface area contributed by atoms with Crippen LogP contribution in [-0.2, 0) is 0 Å². The molecule has 0 saturated carbocycles. The van der Waals surface area contributed by atoms with Gasteiger partial charge in [-0.05, 0) is 17.2 Å². The van der Waals surface area contributed by atoms with Crippen molar-refractivity contribution >= 4 is 0 Å². The van der Waals surface area contributed by atoms with Crippen LogP contribution in [-0.4, -0.2) is 6.04 Å². The number of nitrogens with two attached hydrogens (primary N) is 3. The van der Waals surface area contributed by atoms with E-state index in [-0.39, 0.29) is 17.1 Å². The minimum atomic E-state index is -0.760. The number of rotatable bonds is 1. The summed E-state index contributed by atoms with van der Waals surface area (Å²) in [6, 6.07) is -0.760. The molecule has 1 rings (SSSR count). The summed E-state index contributed by atoms with van der Waals surface area (Å²) < 4.78 is 0. The Morgan fingerprint density at radius 3 is 2.67 bits per heavy atom. The highest BCUT2D eigenvalue weighted by Crippen LogP contribution is 2.06. The molecule has 0 spiro atoms. The van der Waals surface area contributed by atoms with Gasteiger partial charge in [-0.2, -0.15) is 0 Å². The Labute approximate surface area is 69.3 Å². The van der Waals surface area contributed by atoms with Gasteiger partial charge in [-0.3, -0.25) is 0 Å². The molecule has 0 saturated heterocycles. The van der Waals surface area contributed by atoms with Gasteiger partial charge in [0.2, 0.25) is 0 Å².